The highest BCUT2D eigenvalue weighted by molar-refractivity contribution is 7.89. The SMILES string of the molecule is Cc1ccc(S(=O)(=O)NCCNC(=O)c2nc(-c3ccccc3)n3c2CCCCC3)cc1. The minimum absolute atomic E-state index is 0.101. The fourth-order valence-corrected chi connectivity index (χ4v) is 4.99. The lowest BCUT2D eigenvalue weighted by molar-refractivity contribution is 0.0948. The standard InChI is InChI=1S/C24H28N4O3S/c1-18-11-13-20(14-12-18)32(30,31)26-16-15-25-24(29)22-21-10-6-3-7-17-28(21)23(27-22)19-8-4-2-5-9-19/h2,4-5,8-9,11-14,26H,3,6-7,10,15-17H2,1H3,(H,25,29). The van der Waals surface area contributed by atoms with Gasteiger partial charge in [0.1, 0.15) is 11.5 Å². The van der Waals surface area contributed by atoms with Gasteiger partial charge in [-0.2, -0.15) is 0 Å². The van der Waals surface area contributed by atoms with Gasteiger partial charge < -0.3 is 9.88 Å². The molecule has 7 nitrogen and oxygen atoms in total. The number of aryl methyl sites for hydroxylation is 1. The predicted molar refractivity (Wildman–Crippen MR) is 124 cm³/mol. The molecule has 0 atom stereocenters. The molecular formula is C24H28N4O3S. The van der Waals surface area contributed by atoms with Crippen LogP contribution in [0.1, 0.15) is 41.0 Å². The monoisotopic (exact) mass is 452 g/mol. The highest BCUT2D eigenvalue weighted by atomic mass is 32.2. The summed E-state index contributed by atoms with van der Waals surface area (Å²) in [6.45, 7) is 3.02. The summed E-state index contributed by atoms with van der Waals surface area (Å²) < 4.78 is 29.5. The van der Waals surface area contributed by atoms with Crippen LogP contribution in [0.15, 0.2) is 59.5 Å². The van der Waals surface area contributed by atoms with Crippen molar-refractivity contribution in [3.8, 4) is 11.4 Å². The van der Waals surface area contributed by atoms with Crippen LogP contribution in [0.3, 0.4) is 0 Å². The summed E-state index contributed by atoms with van der Waals surface area (Å²) in [5.74, 6) is 0.542. The Morgan fingerprint density at radius 3 is 2.50 bits per heavy atom. The molecule has 1 aromatic heterocycles. The number of hydrogen-bond donors (Lipinski definition) is 2. The Morgan fingerprint density at radius 2 is 1.75 bits per heavy atom. The first-order valence-electron chi connectivity index (χ1n) is 10.9. The minimum Gasteiger partial charge on any atom is -0.349 e. The summed E-state index contributed by atoms with van der Waals surface area (Å²) in [7, 11) is -3.61. The third-order valence-corrected chi connectivity index (χ3v) is 7.13. The van der Waals surface area contributed by atoms with Gasteiger partial charge in [-0.3, -0.25) is 4.79 Å². The lowest BCUT2D eigenvalue weighted by Gasteiger charge is -2.09. The quantitative estimate of drug-likeness (QED) is 0.538. The van der Waals surface area contributed by atoms with E-state index in [1.165, 1.54) is 0 Å². The normalized spacial score (nSPS) is 13.9. The van der Waals surface area contributed by atoms with E-state index in [0.717, 1.165) is 54.9 Å². The molecule has 1 aliphatic rings. The van der Waals surface area contributed by atoms with E-state index in [2.05, 4.69) is 14.6 Å². The van der Waals surface area contributed by atoms with Crippen LogP contribution in [0.25, 0.3) is 11.4 Å². The number of aromatic nitrogens is 2. The van der Waals surface area contributed by atoms with Crippen LogP contribution in [-0.4, -0.2) is 37.0 Å². The second-order valence-corrected chi connectivity index (χ2v) is 9.79. The smallest absolute Gasteiger partial charge is 0.271 e. The fraction of sp³-hybridized carbons (Fsp3) is 0.333. The van der Waals surface area contributed by atoms with Crippen molar-refractivity contribution >= 4 is 15.9 Å². The first-order chi connectivity index (χ1) is 15.5. The molecule has 32 heavy (non-hydrogen) atoms. The van der Waals surface area contributed by atoms with Gasteiger partial charge in [0, 0.05) is 25.2 Å². The van der Waals surface area contributed by atoms with E-state index >= 15 is 0 Å². The number of rotatable bonds is 7. The molecule has 0 aliphatic carbocycles. The van der Waals surface area contributed by atoms with Crippen molar-refractivity contribution in [1.82, 2.24) is 19.6 Å². The maximum Gasteiger partial charge on any atom is 0.271 e. The zero-order valence-corrected chi connectivity index (χ0v) is 19.0. The highest BCUT2D eigenvalue weighted by Gasteiger charge is 2.24. The molecule has 8 heteroatoms. The van der Waals surface area contributed by atoms with Gasteiger partial charge in [0.25, 0.3) is 5.91 Å². The Morgan fingerprint density at radius 1 is 1.00 bits per heavy atom. The topological polar surface area (TPSA) is 93.1 Å². The average molecular weight is 453 g/mol. The average Bonchev–Trinajstić information content (AvgIpc) is 2.98. The summed E-state index contributed by atoms with van der Waals surface area (Å²) in [5.41, 5.74) is 3.37. The summed E-state index contributed by atoms with van der Waals surface area (Å²) in [6, 6.07) is 16.5. The summed E-state index contributed by atoms with van der Waals surface area (Å²) in [5, 5.41) is 2.83. The maximum atomic E-state index is 12.9. The van der Waals surface area contributed by atoms with E-state index in [1.807, 2.05) is 37.3 Å². The van der Waals surface area contributed by atoms with E-state index in [4.69, 9.17) is 4.98 Å². The van der Waals surface area contributed by atoms with E-state index < -0.39 is 10.0 Å². The Bertz CT molecular complexity index is 1190. The number of nitrogens with one attached hydrogen (secondary N) is 2. The number of carbonyl (C=O) groups is 1. The molecule has 0 saturated heterocycles. The van der Waals surface area contributed by atoms with Crippen molar-refractivity contribution in [3.63, 3.8) is 0 Å². The Kier molecular flexibility index (Phi) is 6.72. The molecule has 0 unspecified atom stereocenters. The molecular weight excluding hydrogens is 424 g/mol. The molecule has 0 bridgehead atoms. The molecule has 2 aromatic carbocycles. The zero-order chi connectivity index (χ0) is 22.6. The first kappa shape index (κ1) is 22.2. The molecule has 2 heterocycles. The van der Waals surface area contributed by atoms with Gasteiger partial charge in [-0.1, -0.05) is 54.4 Å². The summed E-state index contributed by atoms with van der Waals surface area (Å²) in [4.78, 5) is 17.9. The van der Waals surface area contributed by atoms with Crippen molar-refractivity contribution in [2.75, 3.05) is 13.1 Å². The van der Waals surface area contributed by atoms with Crippen LogP contribution >= 0.6 is 0 Å². The molecule has 2 N–H and O–H groups in total. The van der Waals surface area contributed by atoms with Crippen molar-refractivity contribution in [2.24, 2.45) is 0 Å². The van der Waals surface area contributed by atoms with Crippen LogP contribution in [0.2, 0.25) is 0 Å². The molecule has 1 aliphatic heterocycles. The molecule has 0 radical (unpaired) electrons. The summed E-state index contributed by atoms with van der Waals surface area (Å²) in [6.07, 6.45) is 4.02. The van der Waals surface area contributed by atoms with Crippen LogP contribution < -0.4 is 10.0 Å². The molecule has 168 valence electrons. The Balaban J connectivity index is 1.44. The van der Waals surface area contributed by atoms with Crippen molar-refractivity contribution in [2.45, 2.75) is 44.0 Å². The minimum atomic E-state index is -3.61. The van der Waals surface area contributed by atoms with Gasteiger partial charge in [0.2, 0.25) is 10.0 Å². The maximum absolute atomic E-state index is 12.9. The highest BCUT2D eigenvalue weighted by Crippen LogP contribution is 2.27. The third kappa shape index (κ3) is 4.92. The molecule has 0 saturated carbocycles. The van der Waals surface area contributed by atoms with Gasteiger partial charge in [0.15, 0.2) is 0 Å². The number of sulfonamides is 1. The van der Waals surface area contributed by atoms with Gasteiger partial charge in [-0.05, 0) is 38.3 Å². The number of fused-ring (bicyclic) bond motifs is 1. The van der Waals surface area contributed by atoms with Crippen LogP contribution in [0.4, 0.5) is 0 Å². The summed E-state index contributed by atoms with van der Waals surface area (Å²) >= 11 is 0. The van der Waals surface area contributed by atoms with Crippen molar-refractivity contribution < 1.29 is 13.2 Å². The Labute approximate surface area is 188 Å². The van der Waals surface area contributed by atoms with Crippen LogP contribution in [-0.2, 0) is 23.0 Å². The number of carbonyl (C=O) groups excluding carboxylic acids is 1. The largest absolute Gasteiger partial charge is 0.349 e. The molecule has 0 fully saturated rings. The molecule has 0 spiro atoms. The lowest BCUT2D eigenvalue weighted by Crippen LogP contribution is -2.35. The van der Waals surface area contributed by atoms with Gasteiger partial charge >= 0.3 is 0 Å². The molecule has 3 aromatic rings. The Hall–Kier alpha value is -2.97. The van der Waals surface area contributed by atoms with Gasteiger partial charge in [0.05, 0.1) is 10.6 Å². The number of benzene rings is 2. The lowest BCUT2D eigenvalue weighted by atomic mass is 10.1. The van der Waals surface area contributed by atoms with Gasteiger partial charge in [-0.15, -0.1) is 0 Å². The number of imidazole rings is 1. The second kappa shape index (κ2) is 9.67. The van der Waals surface area contributed by atoms with E-state index in [0.29, 0.717) is 5.69 Å². The number of amides is 1. The second-order valence-electron chi connectivity index (χ2n) is 8.03. The molecule has 4 rings (SSSR count). The third-order valence-electron chi connectivity index (χ3n) is 5.65. The van der Waals surface area contributed by atoms with Crippen molar-refractivity contribution in [1.29, 1.82) is 0 Å². The predicted octanol–water partition coefficient (Wildman–Crippen LogP) is 3.29. The number of hydrogen-bond acceptors (Lipinski definition) is 4. The van der Waals surface area contributed by atoms with Crippen LogP contribution in [0.5, 0.6) is 0 Å². The van der Waals surface area contributed by atoms with Gasteiger partial charge in [-0.25, -0.2) is 18.1 Å². The number of nitrogens with zero attached hydrogens (tertiary/aromatic N) is 2. The van der Waals surface area contributed by atoms with E-state index in [-0.39, 0.29) is 23.9 Å². The fourth-order valence-electron chi connectivity index (χ4n) is 3.96. The van der Waals surface area contributed by atoms with Crippen molar-refractivity contribution in [3.05, 3.63) is 71.5 Å². The molecule has 1 amide bonds. The van der Waals surface area contributed by atoms with E-state index in [9.17, 15) is 13.2 Å². The van der Waals surface area contributed by atoms with Crippen LogP contribution in [0, 0.1) is 6.92 Å². The zero-order valence-electron chi connectivity index (χ0n) is 18.2. The van der Waals surface area contributed by atoms with E-state index in [1.54, 1.807) is 24.3 Å². The first-order valence-corrected chi connectivity index (χ1v) is 12.4.